The smallest absolute Gasteiger partial charge is 0.373 e. The van der Waals surface area contributed by atoms with Crippen molar-refractivity contribution in [1.29, 1.82) is 0 Å². The normalized spacial score (nSPS) is 20.5. The third-order valence-electron chi connectivity index (χ3n) is 6.38. The van der Waals surface area contributed by atoms with Crippen LogP contribution in [0.3, 0.4) is 0 Å². The number of aliphatic hydroxyl groups is 2. The molecule has 1 saturated heterocycles. The number of carboxylic acid groups (broad SMARTS) is 2. The SMILES string of the molecule is CCC1O[C@H](OC)C(OCCCSCCNC(=O)CN(CCN(C)CCN(C)CC(=O)O)CC(=O)O)[C@@H](O)[C@@H]1O.O=C=O.O=C=O. The average molecular weight is 685 g/mol. The van der Waals surface area contributed by atoms with Gasteiger partial charge in [0.05, 0.1) is 25.7 Å². The van der Waals surface area contributed by atoms with Crippen LogP contribution in [0.25, 0.3) is 0 Å². The summed E-state index contributed by atoms with van der Waals surface area (Å²) in [5.41, 5.74) is 0. The zero-order valence-corrected chi connectivity index (χ0v) is 27.5. The summed E-state index contributed by atoms with van der Waals surface area (Å²) < 4.78 is 16.7. The lowest BCUT2D eigenvalue weighted by Gasteiger charge is -2.41. The maximum absolute atomic E-state index is 12.4. The number of carboxylic acids is 2. The number of nitrogens with zero attached hydrogens (tertiary/aromatic N) is 3. The number of thioether (sulfide) groups is 1. The number of amides is 1. The molecule has 5 N–H and O–H groups in total. The first-order valence-electron chi connectivity index (χ1n) is 14.3. The summed E-state index contributed by atoms with van der Waals surface area (Å²) in [4.78, 5) is 72.1. The number of carbonyl (C=O) groups is 3. The van der Waals surface area contributed by atoms with Crippen molar-refractivity contribution in [2.75, 3.05) is 91.7 Å². The van der Waals surface area contributed by atoms with Crippen molar-refractivity contribution < 1.29 is 68.2 Å². The number of aliphatic carboxylic acids is 2. The minimum absolute atomic E-state index is 0.0330. The molecule has 0 aromatic rings. The molecule has 18 nitrogen and oxygen atoms in total. The molecule has 0 saturated carbocycles. The molecule has 0 aromatic heterocycles. The number of methoxy groups -OCH3 is 1. The van der Waals surface area contributed by atoms with Gasteiger partial charge in [-0.3, -0.25) is 24.2 Å². The van der Waals surface area contributed by atoms with Gasteiger partial charge in [0.1, 0.15) is 18.3 Å². The van der Waals surface area contributed by atoms with Crippen LogP contribution in [-0.4, -0.2) is 188 Å². The van der Waals surface area contributed by atoms with Crippen LogP contribution in [0.1, 0.15) is 19.8 Å². The van der Waals surface area contributed by atoms with Gasteiger partial charge in [-0.05, 0) is 32.7 Å². The summed E-state index contributed by atoms with van der Waals surface area (Å²) >= 11 is 1.62. The molecule has 1 amide bonds. The Balaban J connectivity index is 0. The van der Waals surface area contributed by atoms with Crippen LogP contribution in [0.5, 0.6) is 0 Å². The van der Waals surface area contributed by atoms with E-state index in [4.69, 9.17) is 38.5 Å². The molecule has 0 aliphatic carbocycles. The van der Waals surface area contributed by atoms with E-state index < -0.39 is 42.6 Å². The molecular formula is C27H48N4O14S. The van der Waals surface area contributed by atoms with Crippen LogP contribution in [0.2, 0.25) is 0 Å². The monoisotopic (exact) mass is 684 g/mol. The molecule has 1 fully saturated rings. The lowest BCUT2D eigenvalue weighted by Crippen LogP contribution is -2.58. The molecule has 1 heterocycles. The highest BCUT2D eigenvalue weighted by Gasteiger charge is 2.44. The Bertz CT molecular complexity index is 907. The van der Waals surface area contributed by atoms with Gasteiger partial charge in [-0.25, -0.2) is 0 Å². The van der Waals surface area contributed by atoms with E-state index in [0.29, 0.717) is 57.9 Å². The van der Waals surface area contributed by atoms with Crippen LogP contribution in [0.15, 0.2) is 0 Å². The van der Waals surface area contributed by atoms with Gasteiger partial charge in [0.2, 0.25) is 5.91 Å². The van der Waals surface area contributed by atoms with Crippen LogP contribution in [0, 0.1) is 0 Å². The van der Waals surface area contributed by atoms with Gasteiger partial charge < -0.3 is 44.9 Å². The maximum atomic E-state index is 12.4. The van der Waals surface area contributed by atoms with Gasteiger partial charge in [-0.2, -0.15) is 30.9 Å². The third-order valence-corrected chi connectivity index (χ3v) is 7.45. The molecule has 46 heavy (non-hydrogen) atoms. The number of hydrogen-bond donors (Lipinski definition) is 5. The van der Waals surface area contributed by atoms with E-state index in [2.05, 4.69) is 5.32 Å². The van der Waals surface area contributed by atoms with E-state index in [9.17, 15) is 29.7 Å². The second kappa shape index (κ2) is 28.4. The molecule has 1 aliphatic heterocycles. The molecule has 0 bridgehead atoms. The standard InChI is InChI=1S/C25H48N4O10S.2CO2/c1-5-18-22(35)23(36)24(25(37-4)39-18)38-12-6-13-40-14-7-26-19(30)15-29(17-21(33)34)11-10-27(2)8-9-28(3)16-20(31)32;2*2-1-3/h18,22-25,35-36H,5-17H2,1-4H3,(H,26,30)(H,31,32)(H,33,34);;/t18?,22-,23+,24?,25+;;/m1../s1. The van der Waals surface area contributed by atoms with E-state index in [1.165, 1.54) is 7.11 Å². The molecule has 0 aromatic carbocycles. The maximum Gasteiger partial charge on any atom is 0.373 e. The molecule has 0 spiro atoms. The molecule has 0 radical (unpaired) electrons. The van der Waals surface area contributed by atoms with Crippen molar-refractivity contribution in [2.45, 2.75) is 50.5 Å². The fourth-order valence-electron chi connectivity index (χ4n) is 4.09. The first-order valence-corrected chi connectivity index (χ1v) is 15.5. The number of rotatable bonds is 22. The predicted molar refractivity (Wildman–Crippen MR) is 159 cm³/mol. The zero-order chi connectivity index (χ0) is 35.5. The Morgan fingerprint density at radius 3 is 1.98 bits per heavy atom. The van der Waals surface area contributed by atoms with E-state index in [0.717, 1.165) is 5.75 Å². The largest absolute Gasteiger partial charge is 0.480 e. The third kappa shape index (κ3) is 22.7. The van der Waals surface area contributed by atoms with Crippen molar-refractivity contribution in [3.8, 4) is 0 Å². The number of carbonyl (C=O) groups excluding carboxylic acids is 5. The van der Waals surface area contributed by atoms with E-state index >= 15 is 0 Å². The number of hydrogen-bond acceptors (Lipinski definition) is 16. The summed E-state index contributed by atoms with van der Waals surface area (Å²) in [5.74, 6) is -0.733. The molecule has 19 heteroatoms. The van der Waals surface area contributed by atoms with Gasteiger partial charge >= 0.3 is 24.2 Å². The minimum Gasteiger partial charge on any atom is -0.480 e. The van der Waals surface area contributed by atoms with Crippen LogP contribution in [0.4, 0.5) is 0 Å². The van der Waals surface area contributed by atoms with E-state index in [-0.39, 0.29) is 37.8 Å². The van der Waals surface area contributed by atoms with Crippen molar-refractivity contribution in [3.05, 3.63) is 0 Å². The highest BCUT2D eigenvalue weighted by molar-refractivity contribution is 7.99. The van der Waals surface area contributed by atoms with Crippen LogP contribution in [-0.2, 0) is 47.8 Å². The molecule has 1 aliphatic rings. The van der Waals surface area contributed by atoms with Crippen molar-refractivity contribution in [1.82, 2.24) is 20.0 Å². The average Bonchev–Trinajstić information content (AvgIpc) is 2.98. The second-order valence-electron chi connectivity index (χ2n) is 10.0. The first kappa shape index (κ1) is 45.3. The molecule has 266 valence electrons. The summed E-state index contributed by atoms with van der Waals surface area (Å²) in [6, 6.07) is 0. The fourth-order valence-corrected chi connectivity index (χ4v) is 4.87. The Morgan fingerprint density at radius 2 is 1.43 bits per heavy atom. The second-order valence-corrected chi connectivity index (χ2v) is 11.2. The van der Waals surface area contributed by atoms with Crippen LogP contribution >= 0.6 is 11.8 Å². The highest BCUT2D eigenvalue weighted by atomic mass is 32.2. The Hall–Kier alpha value is -2.80. The quantitative estimate of drug-likeness (QED) is 0.0727. The van der Waals surface area contributed by atoms with E-state index in [1.54, 1.807) is 28.6 Å². The number of ether oxygens (including phenoxy) is 3. The molecular weight excluding hydrogens is 636 g/mol. The molecule has 2 unspecified atom stereocenters. The summed E-state index contributed by atoms with van der Waals surface area (Å²) in [5, 5.41) is 41.4. The summed E-state index contributed by atoms with van der Waals surface area (Å²) in [6.07, 6.45) is -2.44. The topological polar surface area (TPSA) is 250 Å². The van der Waals surface area contributed by atoms with Gasteiger partial charge in [-0.1, -0.05) is 6.92 Å². The first-order chi connectivity index (χ1) is 21.8. The minimum atomic E-state index is -1.10. The van der Waals surface area contributed by atoms with Crippen LogP contribution < -0.4 is 5.32 Å². The van der Waals surface area contributed by atoms with Gasteiger partial charge in [0.25, 0.3) is 0 Å². The number of likely N-dealkylation sites (N-methyl/N-ethyl adjacent to an activating group) is 2. The van der Waals surface area contributed by atoms with Crippen molar-refractivity contribution in [3.63, 3.8) is 0 Å². The summed E-state index contributed by atoms with van der Waals surface area (Å²) in [7, 11) is 5.05. The van der Waals surface area contributed by atoms with Gasteiger partial charge in [0, 0.05) is 52.2 Å². The van der Waals surface area contributed by atoms with E-state index in [1.807, 2.05) is 18.9 Å². The number of aliphatic hydroxyl groups excluding tert-OH is 2. The van der Waals surface area contributed by atoms with Crippen molar-refractivity contribution >= 4 is 41.9 Å². The van der Waals surface area contributed by atoms with Gasteiger partial charge in [-0.15, -0.1) is 0 Å². The molecule has 5 atom stereocenters. The highest BCUT2D eigenvalue weighted by Crippen LogP contribution is 2.25. The fraction of sp³-hybridized carbons (Fsp3) is 0.815. The lowest BCUT2D eigenvalue weighted by atomic mass is 9.97. The van der Waals surface area contributed by atoms with Gasteiger partial charge in [0.15, 0.2) is 6.29 Å². The predicted octanol–water partition coefficient (Wildman–Crippen LogP) is -2.72. The number of nitrogens with one attached hydrogen (secondary N) is 1. The zero-order valence-electron chi connectivity index (χ0n) is 26.7. The van der Waals surface area contributed by atoms with Crippen molar-refractivity contribution in [2.24, 2.45) is 0 Å². The lowest BCUT2D eigenvalue weighted by molar-refractivity contribution is -0.299. The Labute approximate surface area is 272 Å². The Morgan fingerprint density at radius 1 is 0.870 bits per heavy atom. The Kier molecular flexibility index (Phi) is 28.0. The molecule has 1 rings (SSSR count). The summed E-state index contributed by atoms with van der Waals surface area (Å²) in [6.45, 7) is 4.39.